The second kappa shape index (κ2) is 10.0. The summed E-state index contributed by atoms with van der Waals surface area (Å²) in [5.74, 6) is 0. The summed E-state index contributed by atoms with van der Waals surface area (Å²) in [4.78, 5) is 0. The first-order chi connectivity index (χ1) is 10.7. The molecule has 0 saturated heterocycles. The summed E-state index contributed by atoms with van der Waals surface area (Å²) in [5.41, 5.74) is 0. The first-order valence-corrected chi connectivity index (χ1v) is 10.6. The molecule has 0 spiro atoms. The van der Waals surface area contributed by atoms with Crippen molar-refractivity contribution in [2.45, 2.75) is 101 Å². The summed E-state index contributed by atoms with van der Waals surface area (Å²) < 4.78 is 24.5. The lowest BCUT2D eigenvalue weighted by atomic mass is 9.96. The highest BCUT2D eigenvalue weighted by molar-refractivity contribution is 7.86. The zero-order chi connectivity index (χ0) is 15.8. The van der Waals surface area contributed by atoms with E-state index in [2.05, 4.69) is 13.8 Å². The molecule has 0 atom stereocenters. The third-order valence-electron chi connectivity index (χ3n) is 5.01. The van der Waals surface area contributed by atoms with Crippen LogP contribution in [0.5, 0.6) is 0 Å². The summed E-state index contributed by atoms with van der Waals surface area (Å²) in [5, 5.41) is 0.833. The van der Waals surface area contributed by atoms with Crippen LogP contribution in [0.15, 0.2) is 0 Å². The van der Waals surface area contributed by atoms with Gasteiger partial charge in [0.05, 0.1) is 12.2 Å². The van der Waals surface area contributed by atoms with E-state index in [1.54, 1.807) is 0 Å². The van der Waals surface area contributed by atoms with Crippen molar-refractivity contribution < 1.29 is 13.7 Å². The molecule has 2 aliphatic rings. The molecule has 2 fully saturated rings. The maximum atomic E-state index is 12.8. The Morgan fingerprint density at radius 2 is 1.09 bits per heavy atom. The predicted molar refractivity (Wildman–Crippen MR) is 92.7 cm³/mol. The lowest BCUT2D eigenvalue weighted by Gasteiger charge is -2.33. The van der Waals surface area contributed by atoms with Crippen molar-refractivity contribution in [2.75, 3.05) is 13.2 Å². The molecular weight excluding hydrogens is 296 g/mol. The third kappa shape index (κ3) is 5.61. The number of hydrogen-bond donors (Lipinski definition) is 0. The van der Waals surface area contributed by atoms with Crippen LogP contribution in [0, 0.1) is 0 Å². The maximum Gasteiger partial charge on any atom is 0.0576 e. The molecule has 0 unspecified atom stereocenters. The standard InChI is InChI=1S/C18H34O3S/c1-3-13-20-15-5-9-17(10-6-15)22(19)18-11-7-16(8-12-18)21-14-4-2/h15-18H,3-14H2,1-2H3. The van der Waals surface area contributed by atoms with Crippen molar-refractivity contribution in [3.05, 3.63) is 0 Å². The minimum atomic E-state index is -0.645. The van der Waals surface area contributed by atoms with Crippen LogP contribution < -0.4 is 0 Å². The Balaban J connectivity index is 1.68. The Labute approximate surface area is 139 Å². The molecule has 0 heterocycles. The van der Waals surface area contributed by atoms with Gasteiger partial charge >= 0.3 is 0 Å². The summed E-state index contributed by atoms with van der Waals surface area (Å²) in [6.07, 6.45) is 11.8. The van der Waals surface area contributed by atoms with Crippen molar-refractivity contribution >= 4 is 10.8 Å². The predicted octanol–water partition coefficient (Wildman–Crippen LogP) is 4.21. The largest absolute Gasteiger partial charge is 0.378 e. The van der Waals surface area contributed by atoms with Crippen LogP contribution in [0.2, 0.25) is 0 Å². The Morgan fingerprint density at radius 1 is 0.727 bits per heavy atom. The van der Waals surface area contributed by atoms with Crippen LogP contribution in [0.3, 0.4) is 0 Å². The molecule has 0 radical (unpaired) electrons. The molecule has 3 nitrogen and oxygen atoms in total. The van der Waals surface area contributed by atoms with Crippen molar-refractivity contribution in [1.29, 1.82) is 0 Å². The number of hydrogen-bond acceptors (Lipinski definition) is 3. The van der Waals surface area contributed by atoms with Gasteiger partial charge in [0.15, 0.2) is 0 Å². The number of ether oxygens (including phenoxy) is 2. The molecule has 2 saturated carbocycles. The zero-order valence-corrected chi connectivity index (χ0v) is 15.2. The van der Waals surface area contributed by atoms with Crippen LogP contribution >= 0.6 is 0 Å². The molecule has 22 heavy (non-hydrogen) atoms. The monoisotopic (exact) mass is 330 g/mol. The molecular formula is C18H34O3S. The van der Waals surface area contributed by atoms with Gasteiger partial charge in [0.25, 0.3) is 0 Å². The van der Waals surface area contributed by atoms with E-state index >= 15 is 0 Å². The highest BCUT2D eigenvalue weighted by atomic mass is 32.2. The molecule has 2 rings (SSSR count). The Bertz CT molecular complexity index is 288. The smallest absolute Gasteiger partial charge is 0.0576 e. The molecule has 0 aliphatic heterocycles. The Kier molecular flexibility index (Phi) is 8.40. The van der Waals surface area contributed by atoms with E-state index in [4.69, 9.17) is 9.47 Å². The second-order valence-corrected chi connectivity index (χ2v) is 8.86. The topological polar surface area (TPSA) is 35.5 Å². The van der Waals surface area contributed by atoms with Crippen LogP contribution in [-0.4, -0.2) is 40.1 Å². The maximum absolute atomic E-state index is 12.8. The second-order valence-electron chi connectivity index (χ2n) is 6.87. The molecule has 0 aromatic heterocycles. The molecule has 4 heteroatoms. The van der Waals surface area contributed by atoms with E-state index in [0.717, 1.165) is 77.4 Å². The van der Waals surface area contributed by atoms with Gasteiger partial charge in [0.1, 0.15) is 0 Å². The van der Waals surface area contributed by atoms with Crippen molar-refractivity contribution in [2.24, 2.45) is 0 Å². The minimum absolute atomic E-state index is 0.416. The third-order valence-corrected chi connectivity index (χ3v) is 7.27. The van der Waals surface area contributed by atoms with Gasteiger partial charge in [0.2, 0.25) is 0 Å². The Morgan fingerprint density at radius 3 is 1.41 bits per heavy atom. The van der Waals surface area contributed by atoms with Crippen LogP contribution in [-0.2, 0) is 20.3 Å². The van der Waals surface area contributed by atoms with Gasteiger partial charge in [-0.15, -0.1) is 0 Å². The lowest BCUT2D eigenvalue weighted by Crippen LogP contribution is -2.35. The van der Waals surface area contributed by atoms with Crippen LogP contribution in [0.4, 0.5) is 0 Å². The molecule has 0 aromatic rings. The first-order valence-electron chi connectivity index (χ1n) is 9.37. The normalized spacial score (nSPS) is 34.5. The highest BCUT2D eigenvalue weighted by Gasteiger charge is 2.32. The fourth-order valence-corrected chi connectivity index (χ4v) is 5.72. The number of rotatable bonds is 8. The fraction of sp³-hybridized carbons (Fsp3) is 1.00. The van der Waals surface area contributed by atoms with Crippen molar-refractivity contribution in [3.63, 3.8) is 0 Å². The van der Waals surface area contributed by atoms with Gasteiger partial charge in [-0.1, -0.05) is 13.8 Å². The van der Waals surface area contributed by atoms with E-state index in [9.17, 15) is 4.21 Å². The summed E-state index contributed by atoms with van der Waals surface area (Å²) in [6.45, 7) is 6.06. The fourth-order valence-electron chi connectivity index (χ4n) is 3.70. The first kappa shape index (κ1) is 18.4. The summed E-state index contributed by atoms with van der Waals surface area (Å²) in [6, 6.07) is 0. The van der Waals surface area contributed by atoms with E-state index in [0.29, 0.717) is 22.7 Å². The molecule has 0 bridgehead atoms. The van der Waals surface area contributed by atoms with Gasteiger partial charge in [-0.05, 0) is 64.2 Å². The lowest BCUT2D eigenvalue weighted by molar-refractivity contribution is 0.0280. The SMILES string of the molecule is CCCOC1CCC(S(=O)C2CCC(OCCC)CC2)CC1. The van der Waals surface area contributed by atoms with E-state index in [-0.39, 0.29) is 0 Å². The van der Waals surface area contributed by atoms with Gasteiger partial charge in [-0.25, -0.2) is 0 Å². The van der Waals surface area contributed by atoms with Crippen LogP contribution in [0.25, 0.3) is 0 Å². The average molecular weight is 331 g/mol. The van der Waals surface area contributed by atoms with E-state index in [1.165, 1.54) is 0 Å². The van der Waals surface area contributed by atoms with Gasteiger partial charge < -0.3 is 9.47 Å². The average Bonchev–Trinajstić information content (AvgIpc) is 2.58. The van der Waals surface area contributed by atoms with Crippen molar-refractivity contribution in [3.8, 4) is 0 Å². The summed E-state index contributed by atoms with van der Waals surface area (Å²) in [7, 11) is -0.645. The van der Waals surface area contributed by atoms with Gasteiger partial charge in [-0.2, -0.15) is 0 Å². The van der Waals surface area contributed by atoms with E-state index in [1.807, 2.05) is 0 Å². The summed E-state index contributed by atoms with van der Waals surface area (Å²) >= 11 is 0. The highest BCUT2D eigenvalue weighted by Crippen LogP contribution is 2.32. The molecule has 2 aliphatic carbocycles. The van der Waals surface area contributed by atoms with E-state index < -0.39 is 10.8 Å². The van der Waals surface area contributed by atoms with Gasteiger partial charge in [-0.3, -0.25) is 4.21 Å². The minimum Gasteiger partial charge on any atom is -0.378 e. The van der Waals surface area contributed by atoms with Gasteiger partial charge in [0, 0.05) is 34.5 Å². The molecule has 130 valence electrons. The molecule has 0 amide bonds. The molecule has 0 N–H and O–H groups in total. The zero-order valence-electron chi connectivity index (χ0n) is 14.4. The quantitative estimate of drug-likeness (QED) is 0.669. The van der Waals surface area contributed by atoms with Crippen molar-refractivity contribution in [1.82, 2.24) is 0 Å². The Hall–Kier alpha value is 0.0700. The molecule has 0 aromatic carbocycles. The van der Waals surface area contributed by atoms with Crippen LogP contribution in [0.1, 0.15) is 78.1 Å².